The molecule has 246 valence electrons. The molecule has 3 aliphatic rings. The van der Waals surface area contributed by atoms with Crippen molar-refractivity contribution in [1.82, 2.24) is 19.8 Å². The predicted octanol–water partition coefficient (Wildman–Crippen LogP) is 4.39. The van der Waals surface area contributed by atoms with Crippen molar-refractivity contribution < 1.29 is 13.2 Å². The van der Waals surface area contributed by atoms with E-state index >= 15 is 0 Å². The van der Waals surface area contributed by atoms with Gasteiger partial charge in [-0.1, -0.05) is 0 Å². The Balaban J connectivity index is 1.13. The third-order valence-corrected chi connectivity index (χ3v) is 11.7. The Kier molecular flexibility index (Phi) is 9.67. The average Bonchev–Trinajstić information content (AvgIpc) is 3.48. The van der Waals surface area contributed by atoms with Crippen LogP contribution in [0.5, 0.6) is 0 Å². The number of hydrogen-bond acceptors (Lipinski definition) is 9. The highest BCUT2D eigenvalue weighted by Crippen LogP contribution is 2.34. The van der Waals surface area contributed by atoms with Gasteiger partial charge in [0.15, 0.2) is 0 Å². The summed E-state index contributed by atoms with van der Waals surface area (Å²) < 4.78 is 24.6. The first-order valence-corrected chi connectivity index (χ1v) is 19.1. The van der Waals surface area contributed by atoms with Crippen LogP contribution < -0.4 is 21.1 Å². The minimum absolute atomic E-state index is 0.0103. The third kappa shape index (κ3) is 7.56. The largest absolute Gasteiger partial charge is 0.368 e. The SMILES string of the molecule is CC1=C(c2cc(Nc3ccc(N4CCN(CCS(C)(=O)=O)CC4)cn3)c(=O)n(C)c2)CCCC1NC(=O)c1cc2c(s1)CCCC2. The Morgan fingerprint density at radius 2 is 1.85 bits per heavy atom. The topological polar surface area (TPSA) is 117 Å². The summed E-state index contributed by atoms with van der Waals surface area (Å²) in [7, 11) is -1.20. The van der Waals surface area contributed by atoms with Crippen molar-refractivity contribution in [3.8, 4) is 0 Å². The number of aryl methyl sites for hydroxylation is 3. The molecule has 1 saturated heterocycles. The van der Waals surface area contributed by atoms with Gasteiger partial charge in [-0.25, -0.2) is 13.4 Å². The molecule has 0 aromatic carbocycles. The highest BCUT2D eigenvalue weighted by molar-refractivity contribution is 7.90. The van der Waals surface area contributed by atoms with Crippen molar-refractivity contribution >= 4 is 49.8 Å². The minimum atomic E-state index is -2.97. The van der Waals surface area contributed by atoms with Crippen LogP contribution in [-0.2, 0) is 29.7 Å². The lowest BCUT2D eigenvalue weighted by Gasteiger charge is -2.35. The lowest BCUT2D eigenvalue weighted by molar-refractivity contribution is 0.0944. The number of pyridine rings is 2. The Morgan fingerprint density at radius 3 is 2.57 bits per heavy atom. The Bertz CT molecular complexity index is 1760. The molecular weight excluding hydrogens is 621 g/mol. The first-order chi connectivity index (χ1) is 22.0. The summed E-state index contributed by atoms with van der Waals surface area (Å²) in [5.74, 6) is 0.777. The van der Waals surface area contributed by atoms with Crippen molar-refractivity contribution in [2.24, 2.45) is 7.05 Å². The molecule has 2 N–H and O–H groups in total. The lowest BCUT2D eigenvalue weighted by Crippen LogP contribution is -2.47. The van der Waals surface area contributed by atoms with Gasteiger partial charge < -0.3 is 20.1 Å². The summed E-state index contributed by atoms with van der Waals surface area (Å²) >= 11 is 1.64. The van der Waals surface area contributed by atoms with E-state index in [9.17, 15) is 18.0 Å². The highest BCUT2D eigenvalue weighted by atomic mass is 32.2. The Labute approximate surface area is 275 Å². The average molecular weight is 665 g/mol. The van der Waals surface area contributed by atoms with E-state index in [1.54, 1.807) is 23.0 Å². The van der Waals surface area contributed by atoms with Crippen LogP contribution in [0.1, 0.15) is 64.7 Å². The quantitative estimate of drug-likeness (QED) is 0.346. The molecule has 0 radical (unpaired) electrons. The van der Waals surface area contributed by atoms with Crippen LogP contribution >= 0.6 is 11.3 Å². The number of carbonyl (C=O) groups excluding carboxylic acids is 1. The Hall–Kier alpha value is -3.48. The number of aromatic nitrogens is 2. The molecule has 2 aliphatic carbocycles. The molecule has 1 amide bonds. The molecule has 1 fully saturated rings. The molecule has 1 unspecified atom stereocenters. The van der Waals surface area contributed by atoms with E-state index < -0.39 is 9.84 Å². The van der Waals surface area contributed by atoms with Crippen LogP contribution in [0.4, 0.5) is 17.2 Å². The molecular formula is C34H44N6O4S2. The fourth-order valence-corrected chi connectivity index (χ4v) is 8.51. The van der Waals surface area contributed by atoms with Gasteiger partial charge in [-0.15, -0.1) is 11.3 Å². The summed E-state index contributed by atoms with van der Waals surface area (Å²) in [6, 6.07) is 7.84. The van der Waals surface area contributed by atoms with Crippen molar-refractivity contribution in [2.75, 3.05) is 54.9 Å². The van der Waals surface area contributed by atoms with E-state index in [0.717, 1.165) is 80.0 Å². The Morgan fingerprint density at radius 1 is 1.07 bits per heavy atom. The summed E-state index contributed by atoms with van der Waals surface area (Å²) in [5, 5.41) is 6.55. The van der Waals surface area contributed by atoms with Crippen LogP contribution in [0.3, 0.4) is 0 Å². The maximum absolute atomic E-state index is 13.3. The highest BCUT2D eigenvalue weighted by Gasteiger charge is 2.26. The van der Waals surface area contributed by atoms with Crippen molar-refractivity contribution in [3.63, 3.8) is 0 Å². The van der Waals surface area contributed by atoms with E-state index in [2.05, 4.69) is 38.4 Å². The molecule has 4 heterocycles. The number of piperazine rings is 1. The molecule has 12 heteroatoms. The van der Waals surface area contributed by atoms with Gasteiger partial charge in [0.05, 0.1) is 28.6 Å². The van der Waals surface area contributed by atoms with Gasteiger partial charge in [-0.05, 0) is 98.4 Å². The van der Waals surface area contributed by atoms with E-state index in [-0.39, 0.29) is 23.3 Å². The van der Waals surface area contributed by atoms with Gasteiger partial charge >= 0.3 is 0 Å². The van der Waals surface area contributed by atoms with E-state index in [0.29, 0.717) is 18.1 Å². The first-order valence-electron chi connectivity index (χ1n) is 16.3. The molecule has 10 nitrogen and oxygen atoms in total. The second-order valence-corrected chi connectivity index (χ2v) is 16.3. The van der Waals surface area contributed by atoms with Gasteiger partial charge in [0.25, 0.3) is 11.5 Å². The number of nitrogens with one attached hydrogen (secondary N) is 2. The van der Waals surface area contributed by atoms with Crippen LogP contribution in [0.15, 0.2) is 47.0 Å². The minimum Gasteiger partial charge on any atom is -0.368 e. The summed E-state index contributed by atoms with van der Waals surface area (Å²) in [6.45, 7) is 5.85. The number of rotatable bonds is 9. The summed E-state index contributed by atoms with van der Waals surface area (Å²) in [6.07, 6.45) is 12.3. The fraction of sp³-hybridized carbons (Fsp3) is 0.500. The second-order valence-electron chi connectivity index (χ2n) is 12.9. The molecule has 0 bridgehead atoms. The maximum atomic E-state index is 13.3. The molecule has 1 atom stereocenters. The zero-order valence-electron chi connectivity index (χ0n) is 27.0. The smallest absolute Gasteiger partial charge is 0.274 e. The number of anilines is 3. The standard InChI is InChI=1S/C34H44N6O4S2/c1-23-27(8-6-9-28(23)37-33(41)31-20-24-7-4-5-10-30(24)45-31)25-19-29(34(42)38(2)22-25)36-32-12-11-26(21-35-32)40-15-13-39(14-16-40)17-18-46(3,43)44/h11-12,19-22,28H,4-10,13-18H2,1-3H3,(H,35,36)(H,37,41). The number of hydrogen-bond donors (Lipinski definition) is 2. The van der Waals surface area contributed by atoms with E-state index in [1.165, 1.54) is 35.1 Å². The van der Waals surface area contributed by atoms with Gasteiger partial charge in [0.2, 0.25) is 0 Å². The summed E-state index contributed by atoms with van der Waals surface area (Å²) in [5.41, 5.74) is 5.93. The molecule has 0 spiro atoms. The van der Waals surface area contributed by atoms with Crippen LogP contribution in [-0.4, -0.2) is 79.6 Å². The van der Waals surface area contributed by atoms with Crippen LogP contribution in [0.2, 0.25) is 0 Å². The first kappa shape index (κ1) is 32.5. The molecule has 3 aromatic heterocycles. The van der Waals surface area contributed by atoms with E-state index in [1.807, 2.05) is 30.6 Å². The van der Waals surface area contributed by atoms with Gasteiger partial charge in [-0.3, -0.25) is 14.5 Å². The number of carbonyl (C=O) groups is 1. The van der Waals surface area contributed by atoms with Crippen molar-refractivity contribution in [3.05, 3.63) is 73.5 Å². The summed E-state index contributed by atoms with van der Waals surface area (Å²) in [4.78, 5) is 37.6. The number of nitrogens with zero attached hydrogens (tertiary/aromatic N) is 4. The van der Waals surface area contributed by atoms with E-state index in [4.69, 9.17) is 0 Å². The maximum Gasteiger partial charge on any atom is 0.274 e. The lowest BCUT2D eigenvalue weighted by atomic mass is 9.85. The number of amides is 1. The van der Waals surface area contributed by atoms with Crippen LogP contribution in [0, 0.1) is 0 Å². The fourth-order valence-electron chi connectivity index (χ4n) is 6.77. The van der Waals surface area contributed by atoms with Crippen LogP contribution in [0.25, 0.3) is 5.57 Å². The molecule has 46 heavy (non-hydrogen) atoms. The third-order valence-electron chi connectivity index (χ3n) is 9.50. The monoisotopic (exact) mass is 664 g/mol. The predicted molar refractivity (Wildman–Crippen MR) is 186 cm³/mol. The number of fused-ring (bicyclic) bond motifs is 1. The molecule has 6 rings (SSSR count). The van der Waals surface area contributed by atoms with Gasteiger partial charge in [0.1, 0.15) is 21.3 Å². The van der Waals surface area contributed by atoms with Gasteiger partial charge in [-0.2, -0.15) is 0 Å². The number of thiophene rings is 1. The zero-order chi connectivity index (χ0) is 32.4. The number of sulfone groups is 1. The molecule has 1 aliphatic heterocycles. The van der Waals surface area contributed by atoms with Crippen molar-refractivity contribution in [1.29, 1.82) is 0 Å². The second kappa shape index (κ2) is 13.7. The molecule has 0 saturated carbocycles. The van der Waals surface area contributed by atoms with Gasteiger partial charge in [0, 0.05) is 57.1 Å². The van der Waals surface area contributed by atoms with Crippen molar-refractivity contribution in [2.45, 2.75) is 57.9 Å². The molecule has 3 aromatic rings. The normalized spacial score (nSPS) is 19.2. The number of allylic oxidation sites excluding steroid dienone is 1. The zero-order valence-corrected chi connectivity index (χ0v) is 28.6.